The number of aryl methyl sites for hydroxylation is 1. The summed E-state index contributed by atoms with van der Waals surface area (Å²) in [4.78, 5) is 12.4. The Morgan fingerprint density at radius 1 is 1.29 bits per heavy atom. The summed E-state index contributed by atoms with van der Waals surface area (Å²) in [6.45, 7) is 2.03. The van der Waals surface area contributed by atoms with Gasteiger partial charge in [0.25, 0.3) is 5.91 Å². The summed E-state index contributed by atoms with van der Waals surface area (Å²) in [6, 6.07) is 9.32. The van der Waals surface area contributed by atoms with Crippen LogP contribution in [0.4, 0.5) is 0 Å². The Labute approximate surface area is 147 Å². The number of rotatable bonds is 3. The maximum absolute atomic E-state index is 12.4. The lowest BCUT2D eigenvalue weighted by Gasteiger charge is -2.29. The summed E-state index contributed by atoms with van der Waals surface area (Å²) >= 11 is 0. The van der Waals surface area contributed by atoms with E-state index in [1.165, 1.54) is 12.8 Å². The highest BCUT2D eigenvalue weighted by Crippen LogP contribution is 2.26. The first-order valence-corrected chi connectivity index (χ1v) is 8.24. The number of hydrogen-bond acceptors (Lipinski definition) is 4. The van der Waals surface area contributed by atoms with Gasteiger partial charge in [0.15, 0.2) is 5.69 Å². The summed E-state index contributed by atoms with van der Waals surface area (Å²) in [5.74, 6) is -0.129. The summed E-state index contributed by atoms with van der Waals surface area (Å²) in [6.07, 6.45) is 6.16. The van der Waals surface area contributed by atoms with Gasteiger partial charge in [-0.15, -0.1) is 17.5 Å². The van der Waals surface area contributed by atoms with Crippen molar-refractivity contribution in [2.75, 3.05) is 0 Å². The smallest absolute Gasteiger partial charge is 0.273 e. The zero-order valence-electron chi connectivity index (χ0n) is 13.6. The van der Waals surface area contributed by atoms with E-state index in [0.717, 1.165) is 24.1 Å². The number of aromatic nitrogens is 3. The van der Waals surface area contributed by atoms with E-state index in [0.29, 0.717) is 17.8 Å². The monoisotopic (exact) mass is 347 g/mol. The molecule has 2 fully saturated rings. The second-order valence-corrected chi connectivity index (χ2v) is 6.67. The van der Waals surface area contributed by atoms with Crippen molar-refractivity contribution in [3.8, 4) is 5.69 Å². The molecule has 0 radical (unpaired) electrons. The maximum atomic E-state index is 12.4. The van der Waals surface area contributed by atoms with Crippen LogP contribution in [0.2, 0.25) is 0 Å². The fraction of sp³-hybridized carbons (Fsp3) is 0.471. The lowest BCUT2D eigenvalue weighted by Crippen LogP contribution is -2.48. The predicted octanol–water partition coefficient (Wildman–Crippen LogP) is 2.01. The van der Waals surface area contributed by atoms with E-state index < -0.39 is 0 Å². The van der Waals surface area contributed by atoms with Gasteiger partial charge in [-0.25, -0.2) is 4.68 Å². The minimum absolute atomic E-state index is 0. The minimum atomic E-state index is -0.129. The molecule has 2 aliphatic rings. The van der Waals surface area contributed by atoms with Gasteiger partial charge >= 0.3 is 0 Å². The fourth-order valence-corrected chi connectivity index (χ4v) is 3.70. The van der Waals surface area contributed by atoms with Crippen molar-refractivity contribution in [2.45, 2.75) is 50.7 Å². The zero-order valence-corrected chi connectivity index (χ0v) is 14.4. The summed E-state index contributed by atoms with van der Waals surface area (Å²) in [5.41, 5.74) is 2.43. The number of fused-ring (bicyclic) bond motifs is 2. The maximum Gasteiger partial charge on any atom is 0.273 e. The van der Waals surface area contributed by atoms with Crippen LogP contribution in [-0.4, -0.2) is 39.0 Å². The van der Waals surface area contributed by atoms with Crippen LogP contribution in [0.5, 0.6) is 0 Å². The molecule has 3 heterocycles. The highest BCUT2D eigenvalue weighted by molar-refractivity contribution is 5.92. The van der Waals surface area contributed by atoms with Gasteiger partial charge in [-0.3, -0.25) is 4.79 Å². The van der Waals surface area contributed by atoms with Crippen molar-refractivity contribution >= 4 is 18.3 Å². The molecule has 2 saturated heterocycles. The number of benzene rings is 1. The molecule has 1 amide bonds. The Morgan fingerprint density at radius 3 is 2.75 bits per heavy atom. The molecule has 128 valence electrons. The van der Waals surface area contributed by atoms with Crippen molar-refractivity contribution in [3.05, 3.63) is 41.7 Å². The first kappa shape index (κ1) is 16.9. The molecule has 1 aromatic carbocycles. The van der Waals surface area contributed by atoms with Crippen LogP contribution >= 0.6 is 12.4 Å². The fourth-order valence-electron chi connectivity index (χ4n) is 3.70. The van der Waals surface area contributed by atoms with Gasteiger partial charge in [0.05, 0.1) is 11.9 Å². The third-order valence-electron chi connectivity index (χ3n) is 4.80. The van der Waals surface area contributed by atoms with Crippen LogP contribution in [-0.2, 0) is 0 Å². The topological polar surface area (TPSA) is 71.8 Å². The molecule has 1 aromatic heterocycles. The Kier molecular flexibility index (Phi) is 4.87. The number of nitrogens with one attached hydrogen (secondary N) is 2. The van der Waals surface area contributed by atoms with Crippen LogP contribution in [0.3, 0.4) is 0 Å². The van der Waals surface area contributed by atoms with Crippen LogP contribution in [0.25, 0.3) is 5.69 Å². The van der Waals surface area contributed by atoms with E-state index in [1.807, 2.05) is 31.2 Å². The van der Waals surface area contributed by atoms with Crippen LogP contribution in [0, 0.1) is 6.92 Å². The average Bonchev–Trinajstić information content (AvgIpc) is 3.14. The van der Waals surface area contributed by atoms with E-state index >= 15 is 0 Å². The van der Waals surface area contributed by atoms with E-state index in [9.17, 15) is 4.79 Å². The number of carbonyl (C=O) groups excluding carboxylic acids is 1. The van der Waals surface area contributed by atoms with Crippen LogP contribution in [0.15, 0.2) is 30.5 Å². The molecule has 2 aromatic rings. The van der Waals surface area contributed by atoms with Gasteiger partial charge in [0, 0.05) is 18.1 Å². The number of halogens is 1. The normalized spacial score (nSPS) is 25.1. The number of amides is 1. The van der Waals surface area contributed by atoms with Crippen molar-refractivity contribution in [2.24, 2.45) is 0 Å². The molecule has 2 unspecified atom stereocenters. The van der Waals surface area contributed by atoms with E-state index in [1.54, 1.807) is 10.9 Å². The SMILES string of the molecule is Cc1cccc(-n2cc(C(=O)NC3CC4CCC(C3)N4)nn2)c1.Cl. The lowest BCUT2D eigenvalue weighted by atomic mass is 10.00. The van der Waals surface area contributed by atoms with Gasteiger partial charge in [0.2, 0.25) is 0 Å². The molecule has 2 atom stereocenters. The third-order valence-corrected chi connectivity index (χ3v) is 4.80. The van der Waals surface area contributed by atoms with Gasteiger partial charge in [-0.05, 0) is 50.3 Å². The molecule has 2 N–H and O–H groups in total. The van der Waals surface area contributed by atoms with Gasteiger partial charge in [-0.1, -0.05) is 17.3 Å². The number of piperidine rings is 1. The summed E-state index contributed by atoms with van der Waals surface area (Å²) in [7, 11) is 0. The van der Waals surface area contributed by atoms with Crippen molar-refractivity contribution < 1.29 is 4.79 Å². The first-order valence-electron chi connectivity index (χ1n) is 8.24. The van der Waals surface area contributed by atoms with Crippen molar-refractivity contribution in [1.82, 2.24) is 25.6 Å². The van der Waals surface area contributed by atoms with Crippen LogP contribution < -0.4 is 10.6 Å². The second-order valence-electron chi connectivity index (χ2n) is 6.67. The molecule has 24 heavy (non-hydrogen) atoms. The average molecular weight is 348 g/mol. The molecule has 2 aliphatic heterocycles. The predicted molar refractivity (Wildman–Crippen MR) is 93.8 cm³/mol. The van der Waals surface area contributed by atoms with E-state index in [2.05, 4.69) is 20.9 Å². The number of carbonyl (C=O) groups is 1. The Balaban J connectivity index is 0.00000169. The highest BCUT2D eigenvalue weighted by atomic mass is 35.5. The first-order chi connectivity index (χ1) is 11.2. The molecule has 4 rings (SSSR count). The lowest BCUT2D eigenvalue weighted by molar-refractivity contribution is 0.0919. The number of nitrogens with zero attached hydrogens (tertiary/aromatic N) is 3. The molecule has 0 saturated carbocycles. The molecular formula is C17H22ClN5O. The molecule has 0 spiro atoms. The molecular weight excluding hydrogens is 326 g/mol. The second kappa shape index (κ2) is 6.91. The molecule has 6 nitrogen and oxygen atoms in total. The van der Waals surface area contributed by atoms with Crippen molar-refractivity contribution in [1.29, 1.82) is 0 Å². The van der Waals surface area contributed by atoms with Crippen LogP contribution in [0.1, 0.15) is 41.7 Å². The Morgan fingerprint density at radius 2 is 2.04 bits per heavy atom. The Bertz CT molecular complexity index is 719. The van der Waals surface area contributed by atoms with Crippen molar-refractivity contribution in [3.63, 3.8) is 0 Å². The largest absolute Gasteiger partial charge is 0.348 e. The van der Waals surface area contributed by atoms with E-state index in [-0.39, 0.29) is 24.4 Å². The quantitative estimate of drug-likeness (QED) is 0.891. The van der Waals surface area contributed by atoms with E-state index in [4.69, 9.17) is 0 Å². The highest BCUT2D eigenvalue weighted by Gasteiger charge is 2.34. The molecule has 7 heteroatoms. The number of hydrogen-bond donors (Lipinski definition) is 2. The van der Waals surface area contributed by atoms with Gasteiger partial charge < -0.3 is 10.6 Å². The van der Waals surface area contributed by atoms with Gasteiger partial charge in [-0.2, -0.15) is 0 Å². The van der Waals surface area contributed by atoms with Gasteiger partial charge in [0.1, 0.15) is 0 Å². The summed E-state index contributed by atoms with van der Waals surface area (Å²) < 4.78 is 1.65. The standard InChI is InChI=1S/C17H21N5O.ClH/c1-11-3-2-4-15(7-11)22-10-16(20-21-22)17(23)19-14-8-12-5-6-13(9-14)18-12;/h2-4,7,10,12-14,18H,5-6,8-9H2,1H3,(H,19,23);1H. The molecule has 2 bridgehead atoms. The minimum Gasteiger partial charge on any atom is -0.348 e. The summed E-state index contributed by atoms with van der Waals surface area (Å²) in [5, 5.41) is 14.8. The zero-order chi connectivity index (χ0) is 15.8. The third kappa shape index (κ3) is 3.44. The molecule has 0 aliphatic carbocycles. The Hall–Kier alpha value is -1.92.